The number of hydrogen-bond acceptors (Lipinski definition) is 10. The molecule has 398 valence electrons. The lowest BCUT2D eigenvalue weighted by Gasteiger charge is -2.21. The quantitative estimate of drug-likeness (QED) is 0.0197. The molecule has 0 rings (SSSR count). The smallest absolute Gasteiger partial charge is 0.461 e. The summed E-state index contributed by atoms with van der Waals surface area (Å²) in [5.74, 6) is -1.66. The van der Waals surface area contributed by atoms with Crippen LogP contribution in [0, 0.1) is 0 Å². The van der Waals surface area contributed by atoms with Gasteiger partial charge in [-0.3, -0.25) is 23.4 Å². The van der Waals surface area contributed by atoms with Crippen molar-refractivity contribution in [3.05, 3.63) is 109 Å². The van der Waals surface area contributed by atoms with Crippen LogP contribution in [0.3, 0.4) is 0 Å². The summed E-state index contributed by atoms with van der Waals surface area (Å²) in [7, 11) is -4.78. The number of aliphatic hydroxyl groups excluding tert-OH is 1. The topological polar surface area (TPSA) is 155 Å². The summed E-state index contributed by atoms with van der Waals surface area (Å²) in [6.45, 7) is 4.27. The normalized spacial score (nSPS) is 14.3. The fourth-order valence-electron chi connectivity index (χ4n) is 6.61. The number of allylic oxidation sites excluding steroid dienone is 17. The predicted molar refractivity (Wildman–Crippen MR) is 288 cm³/mol. The van der Waals surface area contributed by atoms with E-state index in [0.29, 0.717) is 19.3 Å². The average molecular weight is 999 g/mol. The Morgan fingerprint density at radius 3 is 1.27 bits per heavy atom. The van der Waals surface area contributed by atoms with Crippen LogP contribution in [0.4, 0.5) is 0 Å². The highest BCUT2D eigenvalue weighted by atomic mass is 31.2. The molecule has 0 aromatic rings. The molecule has 0 aromatic carbocycles. The molecule has 2 N–H and O–H groups in total. The van der Waals surface area contributed by atoms with Gasteiger partial charge in [0.2, 0.25) is 0 Å². The van der Waals surface area contributed by atoms with Crippen molar-refractivity contribution in [2.75, 3.05) is 26.4 Å². The highest BCUT2D eigenvalue weighted by Gasteiger charge is 2.28. The average Bonchev–Trinajstić information content (AvgIpc) is 3.35. The highest BCUT2D eigenvalue weighted by molar-refractivity contribution is 7.47. The summed E-state index contributed by atoms with van der Waals surface area (Å²) >= 11 is 0. The van der Waals surface area contributed by atoms with Gasteiger partial charge in [0.1, 0.15) is 12.7 Å². The Morgan fingerprint density at radius 1 is 0.429 bits per heavy atom. The van der Waals surface area contributed by atoms with E-state index in [2.05, 4.69) is 112 Å². The van der Waals surface area contributed by atoms with E-state index in [1.54, 1.807) is 6.08 Å². The minimum absolute atomic E-state index is 0.0145. The summed E-state index contributed by atoms with van der Waals surface area (Å²) in [4.78, 5) is 48.3. The van der Waals surface area contributed by atoms with E-state index in [1.807, 2.05) is 12.2 Å². The first-order valence-corrected chi connectivity index (χ1v) is 28.3. The standard InChI is InChI=1S/C58H95O11P/c1-4-7-10-13-16-19-22-25-27-30-32-35-38-41-44-47-56(60)65-51-55(69-58(62)49-46-43-40-37-34-31-28-26-23-20-17-14-11-8-5-2)53-67-70(63,64)66-52-54(50-59)68-57(61)48-45-42-39-36-33-29-24-21-18-15-12-9-6-3/h7,10,12,15-17,19-21,24-28,32,35,41,44,54-55,59H,4-6,8-9,11,13-14,18,22-23,29-31,33-34,36-40,42-43,45-53H2,1-3H3,(H,63,64)/b10-7-,15-12-,19-16-,20-17-,24-21-,27-25-,28-26-,35-32-,44-41-. The van der Waals surface area contributed by atoms with Crippen molar-refractivity contribution in [3.63, 3.8) is 0 Å². The lowest BCUT2D eigenvalue weighted by Crippen LogP contribution is -2.30. The molecule has 0 spiro atoms. The second kappa shape index (κ2) is 51.5. The number of rotatable bonds is 48. The molecule has 12 heteroatoms. The fraction of sp³-hybridized carbons (Fsp3) is 0.638. The molecule has 0 aliphatic carbocycles. The number of aliphatic hydroxyl groups is 1. The summed E-state index contributed by atoms with van der Waals surface area (Å²) in [5.41, 5.74) is 0. The Morgan fingerprint density at radius 2 is 0.814 bits per heavy atom. The molecule has 0 aliphatic heterocycles. The molecule has 0 amide bonds. The van der Waals surface area contributed by atoms with E-state index >= 15 is 0 Å². The third kappa shape index (κ3) is 49.1. The highest BCUT2D eigenvalue weighted by Crippen LogP contribution is 2.43. The molecule has 0 saturated heterocycles. The van der Waals surface area contributed by atoms with Crippen molar-refractivity contribution in [1.82, 2.24) is 0 Å². The van der Waals surface area contributed by atoms with E-state index in [4.69, 9.17) is 23.3 Å². The zero-order valence-electron chi connectivity index (χ0n) is 43.7. The lowest BCUT2D eigenvalue weighted by molar-refractivity contribution is -0.161. The van der Waals surface area contributed by atoms with Gasteiger partial charge in [-0.25, -0.2) is 4.57 Å². The first-order chi connectivity index (χ1) is 34.2. The maximum atomic E-state index is 12.9. The predicted octanol–water partition coefficient (Wildman–Crippen LogP) is 15.5. The number of ether oxygens (including phenoxy) is 3. The Kier molecular flexibility index (Phi) is 48.7. The first-order valence-electron chi connectivity index (χ1n) is 26.8. The van der Waals surface area contributed by atoms with Crippen LogP contribution in [-0.4, -0.2) is 66.5 Å². The number of carbonyl (C=O) groups is 3. The van der Waals surface area contributed by atoms with Crippen LogP contribution in [0.15, 0.2) is 109 Å². The largest absolute Gasteiger partial charge is 0.472 e. The molecule has 0 saturated carbocycles. The molecular weight excluding hydrogens is 904 g/mol. The van der Waals surface area contributed by atoms with Crippen LogP contribution in [0.5, 0.6) is 0 Å². The molecule has 11 nitrogen and oxygen atoms in total. The van der Waals surface area contributed by atoms with Crippen molar-refractivity contribution >= 4 is 25.7 Å². The number of phosphoric acid groups is 1. The summed E-state index contributed by atoms with van der Waals surface area (Å²) in [5, 5.41) is 9.78. The maximum Gasteiger partial charge on any atom is 0.472 e. The number of esters is 3. The Hall–Kier alpha value is -3.86. The van der Waals surface area contributed by atoms with E-state index in [9.17, 15) is 28.9 Å². The van der Waals surface area contributed by atoms with Gasteiger partial charge in [-0.2, -0.15) is 0 Å². The van der Waals surface area contributed by atoms with Gasteiger partial charge >= 0.3 is 25.7 Å². The van der Waals surface area contributed by atoms with Gasteiger partial charge in [0, 0.05) is 12.8 Å². The third-order valence-corrected chi connectivity index (χ3v) is 11.6. The number of hydrogen-bond donors (Lipinski definition) is 2. The van der Waals surface area contributed by atoms with E-state index < -0.39 is 64.4 Å². The SMILES string of the molecule is CC/C=C\C/C=C\C/C=C\C/C=C\C/C=C\CC(=O)OCC(COP(=O)(O)OCC(CO)OC(=O)CCCCCCC/C=C\C/C=C\CCC)OC(=O)CCCCCCC/C=C\C/C=C\CCCCC. The molecule has 3 atom stereocenters. The lowest BCUT2D eigenvalue weighted by atomic mass is 10.1. The van der Waals surface area contributed by atoms with Crippen molar-refractivity contribution in [1.29, 1.82) is 0 Å². The molecule has 70 heavy (non-hydrogen) atoms. The van der Waals surface area contributed by atoms with Gasteiger partial charge in [0.05, 0.1) is 26.2 Å². The van der Waals surface area contributed by atoms with Crippen LogP contribution in [0.25, 0.3) is 0 Å². The van der Waals surface area contributed by atoms with E-state index in [1.165, 1.54) is 19.3 Å². The Balaban J connectivity index is 4.90. The van der Waals surface area contributed by atoms with Gasteiger partial charge < -0.3 is 24.2 Å². The zero-order chi connectivity index (χ0) is 51.3. The van der Waals surface area contributed by atoms with Crippen LogP contribution in [-0.2, 0) is 42.2 Å². The number of carbonyl (C=O) groups excluding carboxylic acids is 3. The monoisotopic (exact) mass is 999 g/mol. The maximum absolute atomic E-state index is 12.9. The van der Waals surface area contributed by atoms with Crippen molar-refractivity contribution < 1.29 is 52.2 Å². The zero-order valence-corrected chi connectivity index (χ0v) is 44.6. The first kappa shape index (κ1) is 66.1. The molecular formula is C58H95O11P. The summed E-state index contributed by atoms with van der Waals surface area (Å²) in [6.07, 6.45) is 60.8. The van der Waals surface area contributed by atoms with Crippen LogP contribution < -0.4 is 0 Å². The summed E-state index contributed by atoms with van der Waals surface area (Å²) < 4.78 is 39.2. The Bertz CT molecular complexity index is 1590. The van der Waals surface area contributed by atoms with E-state index in [0.717, 1.165) is 122 Å². The molecule has 0 fully saturated rings. The van der Waals surface area contributed by atoms with Gasteiger partial charge in [-0.1, -0.05) is 188 Å². The van der Waals surface area contributed by atoms with Crippen molar-refractivity contribution in [2.45, 2.75) is 213 Å². The van der Waals surface area contributed by atoms with Crippen LogP contribution in [0.1, 0.15) is 201 Å². The van der Waals surface area contributed by atoms with E-state index in [-0.39, 0.29) is 19.3 Å². The third-order valence-electron chi connectivity index (χ3n) is 10.7. The van der Waals surface area contributed by atoms with Crippen molar-refractivity contribution in [2.24, 2.45) is 0 Å². The second-order valence-corrected chi connectivity index (χ2v) is 18.8. The minimum atomic E-state index is -4.78. The Labute approximate surface area is 425 Å². The van der Waals surface area contributed by atoms with Crippen molar-refractivity contribution in [3.8, 4) is 0 Å². The molecule has 3 unspecified atom stereocenters. The molecule has 0 bridgehead atoms. The molecule has 0 radical (unpaired) electrons. The van der Waals surface area contributed by atoms with Gasteiger partial charge in [0.15, 0.2) is 6.10 Å². The molecule has 0 aliphatic rings. The second-order valence-electron chi connectivity index (χ2n) is 17.3. The van der Waals surface area contributed by atoms with Crippen LogP contribution in [0.2, 0.25) is 0 Å². The van der Waals surface area contributed by atoms with Crippen LogP contribution >= 0.6 is 7.82 Å². The molecule has 0 heterocycles. The minimum Gasteiger partial charge on any atom is -0.461 e. The fourth-order valence-corrected chi connectivity index (χ4v) is 7.40. The number of phosphoric ester groups is 1. The summed E-state index contributed by atoms with van der Waals surface area (Å²) in [6, 6.07) is 0. The van der Waals surface area contributed by atoms with Gasteiger partial charge in [-0.15, -0.1) is 0 Å². The molecule has 0 aromatic heterocycles. The number of unbranched alkanes of at least 4 members (excludes halogenated alkanes) is 14. The van der Waals surface area contributed by atoms with Gasteiger partial charge in [0.25, 0.3) is 0 Å². The van der Waals surface area contributed by atoms with Gasteiger partial charge in [-0.05, 0) is 103 Å².